The van der Waals surface area contributed by atoms with Crippen molar-refractivity contribution in [2.45, 2.75) is 19.3 Å². The molecule has 1 heterocycles. The Labute approximate surface area is 262 Å². The van der Waals surface area contributed by atoms with Gasteiger partial charge in [0, 0.05) is 38.9 Å². The lowest BCUT2D eigenvalue weighted by Gasteiger charge is -2.30. The van der Waals surface area contributed by atoms with Crippen LogP contribution in [0.25, 0.3) is 55.0 Å². The van der Waals surface area contributed by atoms with E-state index in [2.05, 4.69) is 164 Å². The summed E-state index contributed by atoms with van der Waals surface area (Å²) in [5, 5.41) is 4.66. The predicted molar refractivity (Wildman–Crippen MR) is 189 cm³/mol. The van der Waals surface area contributed by atoms with Gasteiger partial charge in [0.15, 0.2) is 0 Å². The largest absolute Gasteiger partial charge is 0.456 e. The van der Waals surface area contributed by atoms with Gasteiger partial charge >= 0.3 is 0 Å². The number of hydrogen-bond acceptors (Lipinski definition) is 2. The summed E-state index contributed by atoms with van der Waals surface area (Å²) in [4.78, 5) is 2.44. The zero-order valence-corrected chi connectivity index (χ0v) is 25.3. The fourth-order valence-electron chi connectivity index (χ4n) is 7.44. The van der Waals surface area contributed by atoms with Crippen molar-refractivity contribution in [1.29, 1.82) is 0 Å². The standard InChI is InChI=1S/C43H31NO/c1-43(2)37-20-10-8-18-32(37)33-24-23-30(25-38(33)43)44(39-21-12-16-28-15-6-7-17-31(28)39)40-27-42-36(34-19-9-11-22-41(34)45-42)26-35(40)29-13-4-3-5-14-29/h3-27H,1-2H3. The fourth-order valence-corrected chi connectivity index (χ4v) is 7.44. The maximum absolute atomic E-state index is 6.52. The minimum atomic E-state index is -0.114. The van der Waals surface area contributed by atoms with Gasteiger partial charge in [-0.25, -0.2) is 0 Å². The van der Waals surface area contributed by atoms with E-state index < -0.39 is 0 Å². The van der Waals surface area contributed by atoms with Crippen LogP contribution in [0, 0.1) is 0 Å². The number of nitrogens with zero attached hydrogens (tertiary/aromatic N) is 1. The Morgan fingerprint density at radius 1 is 0.467 bits per heavy atom. The molecule has 9 rings (SSSR count). The third-order valence-electron chi connectivity index (χ3n) is 9.65. The van der Waals surface area contributed by atoms with Crippen molar-refractivity contribution in [3.63, 3.8) is 0 Å². The normalized spacial score (nSPS) is 13.3. The summed E-state index contributed by atoms with van der Waals surface area (Å²) in [7, 11) is 0. The van der Waals surface area contributed by atoms with E-state index in [9.17, 15) is 0 Å². The van der Waals surface area contributed by atoms with Gasteiger partial charge in [0.1, 0.15) is 11.2 Å². The molecule has 0 saturated heterocycles. The number of rotatable bonds is 4. The van der Waals surface area contributed by atoms with Crippen LogP contribution in [0.5, 0.6) is 0 Å². The Balaban J connectivity index is 1.38. The molecular formula is C43H31NO. The molecule has 0 bridgehead atoms. The van der Waals surface area contributed by atoms with Gasteiger partial charge in [-0.15, -0.1) is 0 Å². The molecule has 0 radical (unpaired) electrons. The Bertz CT molecular complexity index is 2410. The fraction of sp³-hybridized carbons (Fsp3) is 0.0698. The first-order valence-corrected chi connectivity index (χ1v) is 15.6. The SMILES string of the molecule is CC1(C)c2ccccc2-c2ccc(N(c3cc4oc5ccccc5c4cc3-c3ccccc3)c3cccc4ccccc34)cc21. The van der Waals surface area contributed by atoms with E-state index in [1.807, 2.05) is 6.07 Å². The van der Waals surface area contributed by atoms with E-state index in [4.69, 9.17) is 4.42 Å². The lowest BCUT2D eigenvalue weighted by Crippen LogP contribution is -2.17. The summed E-state index contributed by atoms with van der Waals surface area (Å²) in [6.45, 7) is 4.69. The number of anilines is 3. The Morgan fingerprint density at radius 2 is 1.18 bits per heavy atom. The molecule has 1 aliphatic rings. The van der Waals surface area contributed by atoms with Crippen molar-refractivity contribution in [1.82, 2.24) is 0 Å². The van der Waals surface area contributed by atoms with Gasteiger partial charge in [0.05, 0.1) is 11.4 Å². The molecule has 2 nitrogen and oxygen atoms in total. The van der Waals surface area contributed by atoms with Crippen LogP contribution in [0.1, 0.15) is 25.0 Å². The van der Waals surface area contributed by atoms with Gasteiger partial charge < -0.3 is 9.32 Å². The van der Waals surface area contributed by atoms with Crippen molar-refractivity contribution >= 4 is 49.8 Å². The number of fused-ring (bicyclic) bond motifs is 7. The van der Waals surface area contributed by atoms with Crippen LogP contribution in [0.15, 0.2) is 156 Å². The molecular weight excluding hydrogens is 546 g/mol. The highest BCUT2D eigenvalue weighted by Gasteiger charge is 2.36. The van der Waals surface area contributed by atoms with Crippen molar-refractivity contribution in [3.05, 3.63) is 163 Å². The van der Waals surface area contributed by atoms with E-state index in [1.54, 1.807) is 0 Å². The summed E-state index contributed by atoms with van der Waals surface area (Å²) in [6, 6.07) is 54.7. The zero-order valence-electron chi connectivity index (χ0n) is 25.3. The Hall–Kier alpha value is -5.60. The molecule has 1 aliphatic carbocycles. The van der Waals surface area contributed by atoms with Crippen LogP contribution < -0.4 is 4.90 Å². The molecule has 0 aliphatic heterocycles. The second kappa shape index (κ2) is 9.70. The van der Waals surface area contributed by atoms with E-state index >= 15 is 0 Å². The zero-order chi connectivity index (χ0) is 30.1. The van der Waals surface area contributed by atoms with Gasteiger partial charge in [0.25, 0.3) is 0 Å². The Kier molecular flexibility index (Phi) is 5.58. The lowest BCUT2D eigenvalue weighted by molar-refractivity contribution is 0.660. The van der Waals surface area contributed by atoms with E-state index in [0.29, 0.717) is 0 Å². The van der Waals surface area contributed by atoms with Crippen molar-refractivity contribution in [2.24, 2.45) is 0 Å². The third-order valence-corrected chi connectivity index (χ3v) is 9.65. The first-order valence-electron chi connectivity index (χ1n) is 15.6. The number of hydrogen-bond donors (Lipinski definition) is 0. The first-order chi connectivity index (χ1) is 22.1. The average molecular weight is 578 g/mol. The van der Waals surface area contributed by atoms with Gasteiger partial charge in [-0.05, 0) is 63.5 Å². The molecule has 0 N–H and O–H groups in total. The molecule has 0 atom stereocenters. The van der Waals surface area contributed by atoms with E-state index in [0.717, 1.165) is 44.6 Å². The summed E-state index contributed by atoms with van der Waals surface area (Å²) >= 11 is 0. The predicted octanol–water partition coefficient (Wildman–Crippen LogP) is 12.2. The molecule has 0 saturated carbocycles. The molecule has 2 heteroatoms. The van der Waals surface area contributed by atoms with Crippen LogP contribution in [0.3, 0.4) is 0 Å². The van der Waals surface area contributed by atoms with Crippen molar-refractivity contribution in [3.8, 4) is 22.3 Å². The molecule has 8 aromatic rings. The average Bonchev–Trinajstić information content (AvgIpc) is 3.56. The van der Waals surface area contributed by atoms with Crippen LogP contribution in [0.4, 0.5) is 17.1 Å². The molecule has 0 fully saturated rings. The van der Waals surface area contributed by atoms with Crippen LogP contribution in [-0.2, 0) is 5.41 Å². The molecule has 7 aromatic carbocycles. The molecule has 0 spiro atoms. The minimum absolute atomic E-state index is 0.114. The van der Waals surface area contributed by atoms with Crippen molar-refractivity contribution < 1.29 is 4.42 Å². The van der Waals surface area contributed by atoms with Crippen LogP contribution in [-0.4, -0.2) is 0 Å². The highest BCUT2D eigenvalue weighted by Crippen LogP contribution is 2.52. The summed E-state index contributed by atoms with van der Waals surface area (Å²) in [5.74, 6) is 0. The monoisotopic (exact) mass is 577 g/mol. The smallest absolute Gasteiger partial charge is 0.137 e. The molecule has 45 heavy (non-hydrogen) atoms. The first kappa shape index (κ1) is 25.9. The summed E-state index contributed by atoms with van der Waals surface area (Å²) < 4.78 is 6.52. The maximum Gasteiger partial charge on any atom is 0.137 e. The van der Waals surface area contributed by atoms with E-state index in [-0.39, 0.29) is 5.41 Å². The second-order valence-electron chi connectivity index (χ2n) is 12.6. The minimum Gasteiger partial charge on any atom is -0.456 e. The maximum atomic E-state index is 6.52. The van der Waals surface area contributed by atoms with Crippen LogP contribution in [0.2, 0.25) is 0 Å². The quantitative estimate of drug-likeness (QED) is 0.207. The molecule has 0 amide bonds. The number of benzene rings is 7. The van der Waals surface area contributed by atoms with Gasteiger partial charge in [-0.3, -0.25) is 0 Å². The van der Waals surface area contributed by atoms with Gasteiger partial charge in [-0.1, -0.05) is 129 Å². The summed E-state index contributed by atoms with van der Waals surface area (Å²) in [6.07, 6.45) is 0. The molecule has 1 aromatic heterocycles. The van der Waals surface area contributed by atoms with Gasteiger partial charge in [-0.2, -0.15) is 0 Å². The molecule has 0 unspecified atom stereocenters. The van der Waals surface area contributed by atoms with Crippen molar-refractivity contribution in [2.75, 3.05) is 4.90 Å². The van der Waals surface area contributed by atoms with Crippen LogP contribution >= 0.6 is 0 Å². The third kappa shape index (κ3) is 3.89. The Morgan fingerprint density at radius 3 is 2.07 bits per heavy atom. The highest BCUT2D eigenvalue weighted by molar-refractivity contribution is 6.10. The second-order valence-corrected chi connectivity index (χ2v) is 12.6. The lowest BCUT2D eigenvalue weighted by atomic mass is 9.82. The molecule has 214 valence electrons. The topological polar surface area (TPSA) is 16.4 Å². The number of para-hydroxylation sites is 1. The summed E-state index contributed by atoms with van der Waals surface area (Å²) in [5.41, 5.74) is 12.7. The van der Waals surface area contributed by atoms with Gasteiger partial charge in [0.2, 0.25) is 0 Å². The van der Waals surface area contributed by atoms with E-state index in [1.165, 1.54) is 38.6 Å². The highest BCUT2D eigenvalue weighted by atomic mass is 16.3. The number of furan rings is 1.